The number of rotatable bonds is 6. The van der Waals surface area contributed by atoms with E-state index in [2.05, 4.69) is 11.4 Å². The third-order valence-corrected chi connectivity index (χ3v) is 3.74. The first-order valence-electron chi connectivity index (χ1n) is 7.75. The Kier molecular flexibility index (Phi) is 5.74. The molecule has 1 N–H and O–H groups in total. The van der Waals surface area contributed by atoms with E-state index in [1.165, 1.54) is 17.7 Å². The molecule has 0 saturated heterocycles. The van der Waals surface area contributed by atoms with E-state index in [1.54, 1.807) is 12.1 Å². The highest BCUT2D eigenvalue weighted by atomic mass is 19.1. The zero-order valence-electron chi connectivity index (χ0n) is 13.7. The first kappa shape index (κ1) is 17.0. The fourth-order valence-electron chi connectivity index (χ4n) is 2.56. The largest absolute Gasteiger partial charge is 0.481 e. The van der Waals surface area contributed by atoms with Gasteiger partial charge in [-0.25, -0.2) is 4.39 Å². The van der Waals surface area contributed by atoms with Gasteiger partial charge in [0.15, 0.2) is 18.2 Å². The van der Waals surface area contributed by atoms with Gasteiger partial charge in [-0.2, -0.15) is 0 Å². The minimum atomic E-state index is -0.471. The van der Waals surface area contributed by atoms with Crippen LogP contribution in [-0.4, -0.2) is 12.5 Å². The molecule has 0 aliphatic rings. The topological polar surface area (TPSA) is 38.3 Å². The lowest BCUT2D eigenvalue weighted by molar-refractivity contribution is -0.123. The molecule has 0 aliphatic carbocycles. The van der Waals surface area contributed by atoms with Crippen LogP contribution in [0.15, 0.2) is 42.5 Å². The number of amides is 1. The van der Waals surface area contributed by atoms with Gasteiger partial charge in [-0.05, 0) is 43.5 Å². The number of aryl methyl sites for hydroxylation is 2. The summed E-state index contributed by atoms with van der Waals surface area (Å²) in [6.45, 7) is 5.88. The molecule has 3 nitrogen and oxygen atoms in total. The van der Waals surface area contributed by atoms with Crippen LogP contribution in [0.1, 0.15) is 36.1 Å². The van der Waals surface area contributed by atoms with Gasteiger partial charge in [0.05, 0.1) is 6.04 Å². The minimum Gasteiger partial charge on any atom is -0.481 e. The Hall–Kier alpha value is -2.36. The zero-order valence-corrected chi connectivity index (χ0v) is 13.7. The molecule has 0 heterocycles. The van der Waals surface area contributed by atoms with Crippen molar-refractivity contribution in [3.05, 3.63) is 65.0 Å². The number of halogens is 1. The Balaban J connectivity index is 1.98. The summed E-state index contributed by atoms with van der Waals surface area (Å²) in [5.74, 6) is -0.649. The molecule has 23 heavy (non-hydrogen) atoms. The van der Waals surface area contributed by atoms with Crippen molar-refractivity contribution >= 4 is 5.91 Å². The van der Waals surface area contributed by atoms with Gasteiger partial charge in [0, 0.05) is 0 Å². The molecule has 2 rings (SSSR count). The van der Waals surface area contributed by atoms with Crippen molar-refractivity contribution in [3.8, 4) is 5.75 Å². The van der Waals surface area contributed by atoms with Crippen molar-refractivity contribution in [1.82, 2.24) is 5.32 Å². The maximum Gasteiger partial charge on any atom is 0.258 e. The summed E-state index contributed by atoms with van der Waals surface area (Å²) >= 11 is 0. The maximum absolute atomic E-state index is 13.5. The predicted octanol–water partition coefficient (Wildman–Crippen LogP) is 4.09. The van der Waals surface area contributed by atoms with Gasteiger partial charge in [-0.15, -0.1) is 0 Å². The predicted molar refractivity (Wildman–Crippen MR) is 89.0 cm³/mol. The lowest BCUT2D eigenvalue weighted by Crippen LogP contribution is -2.32. The van der Waals surface area contributed by atoms with Crippen LogP contribution in [0, 0.1) is 19.7 Å². The number of para-hydroxylation sites is 1. The van der Waals surface area contributed by atoms with Gasteiger partial charge < -0.3 is 10.1 Å². The van der Waals surface area contributed by atoms with Gasteiger partial charge in [-0.1, -0.05) is 42.8 Å². The Bertz CT molecular complexity index is 685. The van der Waals surface area contributed by atoms with Crippen LogP contribution in [0.2, 0.25) is 0 Å². The number of benzene rings is 2. The number of hydrogen-bond acceptors (Lipinski definition) is 2. The van der Waals surface area contributed by atoms with Gasteiger partial charge in [-0.3, -0.25) is 4.79 Å². The Labute approximate surface area is 136 Å². The molecular formula is C19H22FNO2. The second-order valence-corrected chi connectivity index (χ2v) is 5.61. The van der Waals surface area contributed by atoms with Crippen LogP contribution >= 0.6 is 0 Å². The van der Waals surface area contributed by atoms with E-state index < -0.39 is 5.82 Å². The van der Waals surface area contributed by atoms with Gasteiger partial charge in [0.2, 0.25) is 0 Å². The molecule has 0 unspecified atom stereocenters. The number of carbonyl (C=O) groups excluding carboxylic acids is 1. The average molecular weight is 315 g/mol. The van der Waals surface area contributed by atoms with Crippen LogP contribution < -0.4 is 10.1 Å². The van der Waals surface area contributed by atoms with E-state index >= 15 is 0 Å². The van der Waals surface area contributed by atoms with E-state index in [0.29, 0.717) is 0 Å². The van der Waals surface area contributed by atoms with E-state index in [1.807, 2.05) is 32.9 Å². The molecule has 1 amide bonds. The highest BCUT2D eigenvalue weighted by Gasteiger charge is 2.15. The van der Waals surface area contributed by atoms with Crippen molar-refractivity contribution in [1.29, 1.82) is 0 Å². The van der Waals surface area contributed by atoms with Crippen LogP contribution in [0.5, 0.6) is 5.75 Å². The third kappa shape index (κ3) is 4.55. The van der Waals surface area contributed by atoms with E-state index in [-0.39, 0.29) is 24.3 Å². The van der Waals surface area contributed by atoms with Crippen molar-refractivity contribution in [2.75, 3.05) is 6.61 Å². The second-order valence-electron chi connectivity index (χ2n) is 5.61. The molecule has 2 aromatic rings. The number of ether oxygens (including phenoxy) is 1. The van der Waals surface area contributed by atoms with E-state index in [4.69, 9.17) is 4.74 Å². The molecule has 122 valence electrons. The fourth-order valence-corrected chi connectivity index (χ4v) is 2.56. The lowest BCUT2D eigenvalue weighted by Gasteiger charge is -2.20. The van der Waals surface area contributed by atoms with Crippen LogP contribution in [0.25, 0.3) is 0 Å². The second kappa shape index (κ2) is 7.77. The van der Waals surface area contributed by atoms with E-state index in [9.17, 15) is 9.18 Å². The monoisotopic (exact) mass is 315 g/mol. The molecular weight excluding hydrogens is 293 g/mol. The van der Waals surface area contributed by atoms with Gasteiger partial charge in [0.1, 0.15) is 0 Å². The molecule has 0 radical (unpaired) electrons. The van der Waals surface area contributed by atoms with Crippen LogP contribution in [-0.2, 0) is 4.79 Å². The molecule has 4 heteroatoms. The van der Waals surface area contributed by atoms with Crippen LogP contribution in [0.3, 0.4) is 0 Å². The number of nitrogens with one attached hydrogen (secondary N) is 1. The molecule has 0 bridgehead atoms. The van der Waals surface area contributed by atoms with Crippen molar-refractivity contribution in [2.24, 2.45) is 0 Å². The maximum atomic E-state index is 13.5. The van der Waals surface area contributed by atoms with Crippen molar-refractivity contribution < 1.29 is 13.9 Å². The normalized spacial score (nSPS) is 11.8. The van der Waals surface area contributed by atoms with Gasteiger partial charge >= 0.3 is 0 Å². The molecule has 0 saturated carbocycles. The summed E-state index contributed by atoms with van der Waals surface area (Å²) in [6, 6.07) is 12.1. The van der Waals surface area contributed by atoms with Gasteiger partial charge in [0.25, 0.3) is 5.91 Å². The van der Waals surface area contributed by atoms with E-state index in [0.717, 1.165) is 17.5 Å². The minimum absolute atomic E-state index is 0.0766. The summed E-state index contributed by atoms with van der Waals surface area (Å²) in [6.07, 6.45) is 0.773. The summed E-state index contributed by atoms with van der Waals surface area (Å²) in [4.78, 5) is 12.1. The summed E-state index contributed by atoms with van der Waals surface area (Å²) < 4.78 is 18.7. The number of carbonyl (C=O) groups is 1. The first-order chi connectivity index (χ1) is 11.0. The summed E-state index contributed by atoms with van der Waals surface area (Å²) in [7, 11) is 0. The highest BCUT2D eigenvalue weighted by Crippen LogP contribution is 2.22. The molecule has 2 aromatic carbocycles. The Morgan fingerprint density at radius 3 is 2.61 bits per heavy atom. The molecule has 0 fully saturated rings. The molecule has 0 spiro atoms. The standard InChI is InChI=1S/C19H22FNO2/c1-4-17(15-10-9-13(2)11-14(15)3)21-19(22)12-23-18-8-6-5-7-16(18)20/h5-11,17H,4,12H2,1-3H3,(H,21,22)/t17-/m0/s1. The molecule has 1 atom stereocenters. The lowest BCUT2D eigenvalue weighted by atomic mass is 9.97. The average Bonchev–Trinajstić information content (AvgIpc) is 2.52. The zero-order chi connectivity index (χ0) is 16.8. The number of hydrogen-bond donors (Lipinski definition) is 1. The Morgan fingerprint density at radius 2 is 1.96 bits per heavy atom. The Morgan fingerprint density at radius 1 is 1.22 bits per heavy atom. The summed E-state index contributed by atoms with van der Waals surface area (Å²) in [5.41, 5.74) is 3.43. The highest BCUT2D eigenvalue weighted by molar-refractivity contribution is 5.78. The first-order valence-corrected chi connectivity index (χ1v) is 7.75. The van der Waals surface area contributed by atoms with Crippen LogP contribution in [0.4, 0.5) is 4.39 Å². The smallest absolute Gasteiger partial charge is 0.258 e. The SMILES string of the molecule is CC[C@H](NC(=O)COc1ccccc1F)c1ccc(C)cc1C. The summed E-state index contributed by atoms with van der Waals surface area (Å²) in [5, 5.41) is 2.95. The van der Waals surface area contributed by atoms with Crippen molar-refractivity contribution in [2.45, 2.75) is 33.2 Å². The molecule has 0 aliphatic heterocycles. The van der Waals surface area contributed by atoms with Crippen molar-refractivity contribution in [3.63, 3.8) is 0 Å². The third-order valence-electron chi connectivity index (χ3n) is 3.74. The molecule has 0 aromatic heterocycles. The quantitative estimate of drug-likeness (QED) is 0.872. The fraction of sp³-hybridized carbons (Fsp3) is 0.316.